The molecule has 0 heterocycles. The van der Waals surface area contributed by atoms with Gasteiger partial charge in [0.1, 0.15) is 5.75 Å². The smallest absolute Gasteiger partial charge is 0.227 e. The van der Waals surface area contributed by atoms with Gasteiger partial charge in [0, 0.05) is 11.6 Å². The third-order valence-corrected chi connectivity index (χ3v) is 3.51. The van der Waals surface area contributed by atoms with Crippen molar-refractivity contribution in [3.05, 3.63) is 24.3 Å². The number of rotatable bonds is 5. The first kappa shape index (κ1) is 12.9. The first-order chi connectivity index (χ1) is 8.69. The second-order valence-corrected chi connectivity index (χ2v) is 4.98. The molecule has 1 atom stereocenters. The van der Waals surface area contributed by atoms with E-state index < -0.39 is 0 Å². The van der Waals surface area contributed by atoms with Crippen molar-refractivity contribution in [2.75, 3.05) is 5.32 Å². The third-order valence-electron chi connectivity index (χ3n) is 3.51. The minimum Gasteiger partial charge on any atom is -0.491 e. The lowest BCUT2D eigenvalue weighted by molar-refractivity contribution is -0.122. The highest BCUT2D eigenvalue weighted by Gasteiger charge is 2.24. The van der Waals surface area contributed by atoms with Crippen molar-refractivity contribution in [1.82, 2.24) is 0 Å². The van der Waals surface area contributed by atoms with Crippen LogP contribution in [0.25, 0.3) is 0 Å². The van der Waals surface area contributed by atoms with Gasteiger partial charge in [-0.25, -0.2) is 0 Å². The Morgan fingerprint density at radius 1 is 1.39 bits per heavy atom. The van der Waals surface area contributed by atoms with Gasteiger partial charge in [-0.05, 0) is 50.5 Å². The number of hydrogen-bond donors (Lipinski definition) is 1. The van der Waals surface area contributed by atoms with Crippen molar-refractivity contribution in [1.29, 1.82) is 0 Å². The normalized spacial score (nSPS) is 16.8. The van der Waals surface area contributed by atoms with E-state index in [1.807, 2.05) is 31.2 Å². The lowest BCUT2D eigenvalue weighted by Gasteiger charge is -2.24. The summed E-state index contributed by atoms with van der Waals surface area (Å²) in [6, 6.07) is 7.60. The van der Waals surface area contributed by atoms with Gasteiger partial charge in [0.05, 0.1) is 6.10 Å². The van der Waals surface area contributed by atoms with Crippen LogP contribution in [0.15, 0.2) is 24.3 Å². The Bertz CT molecular complexity index is 395. The number of ether oxygens (including phenoxy) is 1. The Kier molecular flexibility index (Phi) is 4.24. The molecule has 1 aliphatic carbocycles. The van der Waals surface area contributed by atoms with E-state index in [0.717, 1.165) is 30.7 Å². The number of benzene rings is 1. The van der Waals surface area contributed by atoms with Gasteiger partial charge in [-0.2, -0.15) is 0 Å². The molecule has 3 nitrogen and oxygen atoms in total. The lowest BCUT2D eigenvalue weighted by Crippen LogP contribution is -2.27. The van der Waals surface area contributed by atoms with Gasteiger partial charge in [-0.15, -0.1) is 0 Å². The molecule has 2 rings (SSSR count). The van der Waals surface area contributed by atoms with Crippen LogP contribution in [-0.4, -0.2) is 12.0 Å². The van der Waals surface area contributed by atoms with Crippen LogP contribution in [-0.2, 0) is 4.79 Å². The number of nitrogens with one attached hydrogen (secondary N) is 1. The quantitative estimate of drug-likeness (QED) is 0.863. The largest absolute Gasteiger partial charge is 0.491 e. The van der Waals surface area contributed by atoms with E-state index in [1.165, 1.54) is 6.42 Å². The number of carbonyl (C=O) groups excluding carboxylic acids is 1. The first-order valence-electron chi connectivity index (χ1n) is 6.76. The van der Waals surface area contributed by atoms with Crippen LogP contribution < -0.4 is 10.1 Å². The molecule has 1 unspecified atom stereocenters. The van der Waals surface area contributed by atoms with Crippen molar-refractivity contribution in [3.8, 4) is 5.75 Å². The fourth-order valence-electron chi connectivity index (χ4n) is 1.85. The zero-order chi connectivity index (χ0) is 13.0. The molecule has 1 aromatic carbocycles. The summed E-state index contributed by atoms with van der Waals surface area (Å²) < 4.78 is 5.69. The van der Waals surface area contributed by atoms with Gasteiger partial charge in [0.15, 0.2) is 0 Å². The zero-order valence-corrected chi connectivity index (χ0v) is 11.1. The fourth-order valence-corrected chi connectivity index (χ4v) is 1.85. The molecule has 98 valence electrons. The van der Waals surface area contributed by atoms with E-state index in [2.05, 4.69) is 12.2 Å². The molecule has 1 N–H and O–H groups in total. The van der Waals surface area contributed by atoms with Gasteiger partial charge < -0.3 is 10.1 Å². The highest BCUT2D eigenvalue weighted by Crippen LogP contribution is 2.28. The van der Waals surface area contributed by atoms with Gasteiger partial charge in [0.2, 0.25) is 5.91 Å². The van der Waals surface area contributed by atoms with E-state index in [4.69, 9.17) is 4.74 Å². The Balaban J connectivity index is 1.88. The standard InChI is InChI=1S/C15H21NO2/c1-3-11(2)18-14-9-7-13(8-10-14)16-15(17)12-5-4-6-12/h7-12H,3-6H2,1-2H3,(H,16,17). The summed E-state index contributed by atoms with van der Waals surface area (Å²) in [7, 11) is 0. The summed E-state index contributed by atoms with van der Waals surface area (Å²) >= 11 is 0. The van der Waals surface area contributed by atoms with Crippen LogP contribution >= 0.6 is 0 Å². The fraction of sp³-hybridized carbons (Fsp3) is 0.533. The average molecular weight is 247 g/mol. The maximum Gasteiger partial charge on any atom is 0.227 e. The van der Waals surface area contributed by atoms with Crippen LogP contribution in [0.5, 0.6) is 5.75 Å². The highest BCUT2D eigenvalue weighted by molar-refractivity contribution is 5.93. The Morgan fingerprint density at radius 2 is 2.06 bits per heavy atom. The highest BCUT2D eigenvalue weighted by atomic mass is 16.5. The molecular weight excluding hydrogens is 226 g/mol. The van der Waals surface area contributed by atoms with E-state index in [0.29, 0.717) is 0 Å². The molecule has 3 heteroatoms. The Labute approximate surface area is 109 Å². The van der Waals surface area contributed by atoms with Crippen molar-refractivity contribution in [2.45, 2.75) is 45.6 Å². The SMILES string of the molecule is CCC(C)Oc1ccc(NC(=O)C2CCC2)cc1. The van der Waals surface area contributed by atoms with Crippen molar-refractivity contribution >= 4 is 11.6 Å². The zero-order valence-electron chi connectivity index (χ0n) is 11.1. The molecule has 1 saturated carbocycles. The average Bonchev–Trinajstić information content (AvgIpc) is 2.29. The maximum absolute atomic E-state index is 11.8. The summed E-state index contributed by atoms with van der Waals surface area (Å²) in [5, 5.41) is 2.94. The molecule has 0 aliphatic heterocycles. The molecule has 0 saturated heterocycles. The maximum atomic E-state index is 11.8. The monoisotopic (exact) mass is 247 g/mol. The van der Waals surface area contributed by atoms with Crippen molar-refractivity contribution < 1.29 is 9.53 Å². The van der Waals surface area contributed by atoms with Gasteiger partial charge >= 0.3 is 0 Å². The van der Waals surface area contributed by atoms with E-state index in [9.17, 15) is 4.79 Å². The summed E-state index contributed by atoms with van der Waals surface area (Å²) in [4.78, 5) is 11.8. The molecule has 1 amide bonds. The lowest BCUT2D eigenvalue weighted by atomic mass is 9.85. The van der Waals surface area contributed by atoms with Gasteiger partial charge in [-0.3, -0.25) is 4.79 Å². The molecule has 0 bridgehead atoms. The Hall–Kier alpha value is -1.51. The predicted octanol–water partition coefficient (Wildman–Crippen LogP) is 3.60. The summed E-state index contributed by atoms with van der Waals surface area (Å²) in [5.41, 5.74) is 0.850. The molecule has 1 aliphatic rings. The third kappa shape index (κ3) is 3.25. The van der Waals surface area contributed by atoms with Crippen LogP contribution in [0.2, 0.25) is 0 Å². The Morgan fingerprint density at radius 3 is 2.56 bits per heavy atom. The number of hydrogen-bond acceptors (Lipinski definition) is 2. The van der Waals surface area contributed by atoms with Gasteiger partial charge in [0.25, 0.3) is 0 Å². The molecule has 0 radical (unpaired) electrons. The topological polar surface area (TPSA) is 38.3 Å². The molecule has 1 fully saturated rings. The van der Waals surface area contributed by atoms with Crippen LogP contribution in [0, 0.1) is 5.92 Å². The predicted molar refractivity (Wildman–Crippen MR) is 72.8 cm³/mol. The van der Waals surface area contributed by atoms with E-state index in [-0.39, 0.29) is 17.9 Å². The van der Waals surface area contributed by atoms with Crippen molar-refractivity contribution in [2.24, 2.45) is 5.92 Å². The summed E-state index contributed by atoms with van der Waals surface area (Å²) in [5.74, 6) is 1.23. The van der Waals surface area contributed by atoms with E-state index in [1.54, 1.807) is 0 Å². The van der Waals surface area contributed by atoms with Crippen molar-refractivity contribution in [3.63, 3.8) is 0 Å². The van der Waals surface area contributed by atoms with Crippen LogP contribution in [0.3, 0.4) is 0 Å². The first-order valence-corrected chi connectivity index (χ1v) is 6.76. The summed E-state index contributed by atoms with van der Waals surface area (Å²) in [6.45, 7) is 4.14. The molecular formula is C15H21NO2. The second kappa shape index (κ2) is 5.89. The van der Waals surface area contributed by atoms with Crippen LogP contribution in [0.1, 0.15) is 39.5 Å². The second-order valence-electron chi connectivity index (χ2n) is 4.98. The van der Waals surface area contributed by atoms with Crippen LogP contribution in [0.4, 0.5) is 5.69 Å². The number of carbonyl (C=O) groups is 1. The van der Waals surface area contributed by atoms with Gasteiger partial charge in [-0.1, -0.05) is 13.3 Å². The minimum absolute atomic E-state index is 0.150. The molecule has 0 aromatic heterocycles. The minimum atomic E-state index is 0.150. The molecule has 18 heavy (non-hydrogen) atoms. The number of anilines is 1. The number of amides is 1. The summed E-state index contributed by atoms with van der Waals surface area (Å²) in [6.07, 6.45) is 4.45. The molecule has 0 spiro atoms. The van der Waals surface area contributed by atoms with E-state index >= 15 is 0 Å². The molecule has 1 aromatic rings.